The highest BCUT2D eigenvalue weighted by Gasteiger charge is 2.33. The van der Waals surface area contributed by atoms with Gasteiger partial charge in [-0.25, -0.2) is 4.98 Å². The summed E-state index contributed by atoms with van der Waals surface area (Å²) >= 11 is 0. The van der Waals surface area contributed by atoms with Crippen LogP contribution >= 0.6 is 0 Å². The van der Waals surface area contributed by atoms with Crippen molar-refractivity contribution in [3.05, 3.63) is 11.8 Å². The maximum Gasteiger partial charge on any atom is 0.227 e. The van der Waals surface area contributed by atoms with Gasteiger partial charge in [-0.05, 0) is 38.5 Å². The van der Waals surface area contributed by atoms with Gasteiger partial charge in [-0.3, -0.25) is 0 Å². The Bertz CT molecular complexity index is 608. The van der Waals surface area contributed by atoms with Gasteiger partial charge in [-0.15, -0.1) is 0 Å². The molecule has 0 atom stereocenters. The molecule has 0 radical (unpaired) electrons. The Morgan fingerprint density at radius 2 is 1.96 bits per heavy atom. The molecule has 0 unspecified atom stereocenters. The van der Waals surface area contributed by atoms with Crippen molar-refractivity contribution >= 4 is 11.8 Å². The highest BCUT2D eigenvalue weighted by molar-refractivity contribution is 5.45. The molecule has 1 saturated carbocycles. The normalized spacial score (nSPS) is 28.0. The standard InChI is InChI=1S/C19H31N5O2/c20-15-9-14(10-15)16-11-17(23-18(22-16)24-5-1-2-6-24)21-12-19(13-25)3-7-26-8-4-19/h11,14-15,25H,1-10,12-13,20H2,(H,21,22,23). The molecule has 1 aliphatic carbocycles. The van der Waals surface area contributed by atoms with Crippen molar-refractivity contribution in [3.8, 4) is 0 Å². The van der Waals surface area contributed by atoms with Crippen LogP contribution in [-0.4, -0.2) is 60.6 Å². The number of nitrogens with zero attached hydrogens (tertiary/aromatic N) is 3. The zero-order valence-electron chi connectivity index (χ0n) is 15.5. The summed E-state index contributed by atoms with van der Waals surface area (Å²) in [4.78, 5) is 11.9. The van der Waals surface area contributed by atoms with Crippen molar-refractivity contribution in [3.63, 3.8) is 0 Å². The molecule has 2 aliphatic heterocycles. The van der Waals surface area contributed by atoms with Crippen molar-refractivity contribution in [2.75, 3.05) is 49.7 Å². The summed E-state index contributed by atoms with van der Waals surface area (Å²) in [5, 5.41) is 13.4. The van der Waals surface area contributed by atoms with Gasteiger partial charge in [0.2, 0.25) is 5.95 Å². The second kappa shape index (κ2) is 7.66. The van der Waals surface area contributed by atoms with Crippen LogP contribution in [0.5, 0.6) is 0 Å². The summed E-state index contributed by atoms with van der Waals surface area (Å²) in [6.07, 6.45) is 6.19. The summed E-state index contributed by atoms with van der Waals surface area (Å²) in [5.41, 5.74) is 6.98. The van der Waals surface area contributed by atoms with Crippen LogP contribution in [0, 0.1) is 5.41 Å². The molecule has 2 saturated heterocycles. The van der Waals surface area contributed by atoms with Crippen LogP contribution in [0.1, 0.15) is 50.1 Å². The van der Waals surface area contributed by atoms with E-state index in [1.165, 1.54) is 12.8 Å². The van der Waals surface area contributed by atoms with Crippen LogP contribution in [0.4, 0.5) is 11.8 Å². The maximum atomic E-state index is 9.92. The Labute approximate surface area is 155 Å². The third kappa shape index (κ3) is 3.80. The molecule has 0 bridgehead atoms. The number of hydrogen-bond donors (Lipinski definition) is 3. The first-order chi connectivity index (χ1) is 12.7. The predicted octanol–water partition coefficient (Wildman–Crippen LogP) is 1.48. The van der Waals surface area contributed by atoms with Gasteiger partial charge in [-0.1, -0.05) is 0 Å². The Morgan fingerprint density at radius 3 is 2.62 bits per heavy atom. The molecule has 7 heteroatoms. The largest absolute Gasteiger partial charge is 0.396 e. The summed E-state index contributed by atoms with van der Waals surface area (Å²) in [6.45, 7) is 4.40. The molecule has 1 aromatic heterocycles. The zero-order valence-corrected chi connectivity index (χ0v) is 15.5. The van der Waals surface area contributed by atoms with Crippen molar-refractivity contribution < 1.29 is 9.84 Å². The number of aromatic nitrogens is 2. The van der Waals surface area contributed by atoms with Gasteiger partial charge in [0.1, 0.15) is 5.82 Å². The molecule has 7 nitrogen and oxygen atoms in total. The molecule has 1 aromatic rings. The van der Waals surface area contributed by atoms with E-state index in [-0.39, 0.29) is 12.0 Å². The lowest BCUT2D eigenvalue weighted by molar-refractivity contribution is -0.00862. The molecule has 4 rings (SSSR count). The van der Waals surface area contributed by atoms with Gasteiger partial charge in [0.05, 0.1) is 12.3 Å². The topological polar surface area (TPSA) is 96.5 Å². The van der Waals surface area contributed by atoms with Crippen LogP contribution in [0.3, 0.4) is 0 Å². The molecule has 3 heterocycles. The van der Waals surface area contributed by atoms with E-state index in [1.807, 2.05) is 0 Å². The van der Waals surface area contributed by atoms with E-state index in [2.05, 4.69) is 16.3 Å². The second-order valence-electron chi connectivity index (χ2n) is 8.22. The Kier molecular flexibility index (Phi) is 5.29. The van der Waals surface area contributed by atoms with Gasteiger partial charge in [0.25, 0.3) is 0 Å². The van der Waals surface area contributed by atoms with Gasteiger partial charge < -0.3 is 25.8 Å². The smallest absolute Gasteiger partial charge is 0.227 e. The van der Waals surface area contributed by atoms with Gasteiger partial charge in [0.15, 0.2) is 0 Å². The molecule has 3 aliphatic rings. The number of hydrogen-bond acceptors (Lipinski definition) is 7. The number of ether oxygens (including phenoxy) is 1. The number of nitrogens with one attached hydrogen (secondary N) is 1. The second-order valence-corrected chi connectivity index (χ2v) is 8.22. The molecule has 0 amide bonds. The molecular formula is C19H31N5O2. The van der Waals surface area contributed by atoms with Crippen molar-refractivity contribution in [1.29, 1.82) is 0 Å². The first-order valence-electron chi connectivity index (χ1n) is 9.99. The predicted molar refractivity (Wildman–Crippen MR) is 101 cm³/mol. The quantitative estimate of drug-likeness (QED) is 0.706. The number of aliphatic hydroxyl groups excluding tert-OH is 1. The van der Waals surface area contributed by atoms with Crippen LogP contribution in [0.25, 0.3) is 0 Å². The van der Waals surface area contributed by atoms with Crippen LogP contribution in [0.15, 0.2) is 6.07 Å². The zero-order chi connectivity index (χ0) is 18.0. The summed E-state index contributed by atoms with van der Waals surface area (Å²) in [5.74, 6) is 2.16. The Hall–Kier alpha value is -1.44. The summed E-state index contributed by atoms with van der Waals surface area (Å²) < 4.78 is 5.46. The fraction of sp³-hybridized carbons (Fsp3) is 0.789. The summed E-state index contributed by atoms with van der Waals surface area (Å²) in [6, 6.07) is 2.39. The minimum atomic E-state index is -0.115. The minimum absolute atomic E-state index is 0.115. The van der Waals surface area contributed by atoms with Gasteiger partial charge in [0, 0.05) is 56.3 Å². The van der Waals surface area contributed by atoms with Crippen LogP contribution in [0.2, 0.25) is 0 Å². The number of rotatable bonds is 6. The first-order valence-corrected chi connectivity index (χ1v) is 9.99. The third-order valence-electron chi connectivity index (χ3n) is 6.25. The maximum absolute atomic E-state index is 9.92. The van der Waals surface area contributed by atoms with E-state index in [1.54, 1.807) is 0 Å². The first kappa shape index (κ1) is 17.9. The third-order valence-corrected chi connectivity index (χ3v) is 6.25. The molecule has 0 spiro atoms. The lowest BCUT2D eigenvalue weighted by Crippen LogP contribution is -2.39. The monoisotopic (exact) mass is 361 g/mol. The van der Waals surface area contributed by atoms with Crippen molar-refractivity contribution in [2.24, 2.45) is 11.1 Å². The molecule has 4 N–H and O–H groups in total. The lowest BCUT2D eigenvalue weighted by atomic mass is 9.78. The van der Waals surface area contributed by atoms with E-state index in [4.69, 9.17) is 20.4 Å². The van der Waals surface area contributed by atoms with E-state index in [0.29, 0.717) is 18.5 Å². The average Bonchev–Trinajstić information content (AvgIpc) is 3.19. The Balaban J connectivity index is 1.51. The highest BCUT2D eigenvalue weighted by Crippen LogP contribution is 2.37. The fourth-order valence-electron chi connectivity index (χ4n) is 4.19. The number of nitrogens with two attached hydrogens (primary N) is 1. The Morgan fingerprint density at radius 1 is 1.23 bits per heavy atom. The van der Waals surface area contributed by atoms with E-state index in [9.17, 15) is 5.11 Å². The van der Waals surface area contributed by atoms with Gasteiger partial charge in [-0.2, -0.15) is 4.98 Å². The van der Waals surface area contributed by atoms with Crippen LogP contribution < -0.4 is 16.0 Å². The molecule has 0 aromatic carbocycles. The minimum Gasteiger partial charge on any atom is -0.396 e. The van der Waals surface area contributed by atoms with E-state index in [0.717, 1.165) is 69.4 Å². The molecular weight excluding hydrogens is 330 g/mol. The number of anilines is 2. The van der Waals surface area contributed by atoms with E-state index < -0.39 is 0 Å². The van der Waals surface area contributed by atoms with Crippen molar-refractivity contribution in [2.45, 2.75) is 50.5 Å². The SMILES string of the molecule is NC1CC(c2cc(NCC3(CO)CCOCC3)nc(N3CCCC3)n2)C1. The molecule has 144 valence electrons. The molecule has 3 fully saturated rings. The van der Waals surface area contributed by atoms with E-state index >= 15 is 0 Å². The molecule has 26 heavy (non-hydrogen) atoms. The van der Waals surface area contributed by atoms with Crippen LogP contribution in [-0.2, 0) is 4.74 Å². The highest BCUT2D eigenvalue weighted by atomic mass is 16.5. The average molecular weight is 361 g/mol. The lowest BCUT2D eigenvalue weighted by Gasteiger charge is -2.36. The summed E-state index contributed by atoms with van der Waals surface area (Å²) in [7, 11) is 0. The van der Waals surface area contributed by atoms with Gasteiger partial charge >= 0.3 is 0 Å². The van der Waals surface area contributed by atoms with Crippen molar-refractivity contribution in [1.82, 2.24) is 9.97 Å². The number of aliphatic hydroxyl groups is 1. The fourth-order valence-corrected chi connectivity index (χ4v) is 4.19.